The van der Waals surface area contributed by atoms with Crippen molar-refractivity contribution in [3.8, 4) is 6.07 Å². The zero-order valence-corrected chi connectivity index (χ0v) is 11.3. The van der Waals surface area contributed by atoms with Crippen molar-refractivity contribution >= 4 is 33.3 Å². The second kappa shape index (κ2) is 5.50. The maximum absolute atomic E-state index is 12.0. The van der Waals surface area contributed by atoms with Gasteiger partial charge in [0.1, 0.15) is 17.5 Å². The van der Waals surface area contributed by atoms with Gasteiger partial charge in [0, 0.05) is 22.2 Å². The lowest BCUT2D eigenvalue weighted by molar-refractivity contribution is -0.384. The molecule has 0 aliphatic heterocycles. The Hall–Kier alpha value is -2.73. The highest BCUT2D eigenvalue weighted by atomic mass is 79.9. The van der Waals surface area contributed by atoms with Crippen molar-refractivity contribution in [2.45, 2.75) is 0 Å². The number of benzene rings is 1. The highest BCUT2D eigenvalue weighted by Gasteiger charge is 2.15. The summed E-state index contributed by atoms with van der Waals surface area (Å²) in [6.45, 7) is 0. The van der Waals surface area contributed by atoms with Crippen LogP contribution >= 0.6 is 15.9 Å². The molecule has 0 bridgehead atoms. The van der Waals surface area contributed by atoms with Crippen LogP contribution in [0.15, 0.2) is 28.9 Å². The first kappa shape index (κ1) is 13.7. The molecule has 0 atom stereocenters. The molecule has 0 radical (unpaired) electrons. The van der Waals surface area contributed by atoms with Gasteiger partial charge >= 0.3 is 0 Å². The van der Waals surface area contributed by atoms with E-state index >= 15 is 0 Å². The second-order valence-corrected chi connectivity index (χ2v) is 4.60. The van der Waals surface area contributed by atoms with E-state index in [2.05, 4.69) is 31.4 Å². The molecule has 0 aliphatic carbocycles. The lowest BCUT2D eigenvalue weighted by Gasteiger charge is -2.04. The van der Waals surface area contributed by atoms with Crippen LogP contribution in [0.25, 0.3) is 0 Å². The Balaban J connectivity index is 2.30. The Morgan fingerprint density at radius 2 is 2.25 bits per heavy atom. The Morgan fingerprint density at radius 1 is 1.50 bits per heavy atom. The van der Waals surface area contributed by atoms with E-state index in [1.165, 1.54) is 18.3 Å². The van der Waals surface area contributed by atoms with Gasteiger partial charge in [0.15, 0.2) is 0 Å². The molecular formula is C11H6BrN5O3. The molecule has 1 amide bonds. The van der Waals surface area contributed by atoms with Gasteiger partial charge in [-0.25, -0.2) is 0 Å². The number of nitrogens with one attached hydrogen (secondary N) is 2. The minimum atomic E-state index is -0.599. The van der Waals surface area contributed by atoms with E-state index in [0.29, 0.717) is 4.47 Å². The molecule has 0 spiro atoms. The number of nitro benzene ring substituents is 1. The fraction of sp³-hybridized carbons (Fsp3) is 0. The highest BCUT2D eigenvalue weighted by molar-refractivity contribution is 9.10. The van der Waals surface area contributed by atoms with Crippen molar-refractivity contribution in [2.75, 3.05) is 5.32 Å². The summed E-state index contributed by atoms with van der Waals surface area (Å²) in [4.78, 5) is 22.1. The summed E-state index contributed by atoms with van der Waals surface area (Å²) in [5.41, 5.74) is 0.0436. The highest BCUT2D eigenvalue weighted by Crippen LogP contribution is 2.22. The van der Waals surface area contributed by atoms with Gasteiger partial charge in [-0.1, -0.05) is 15.9 Å². The van der Waals surface area contributed by atoms with Crippen LogP contribution in [0.5, 0.6) is 0 Å². The van der Waals surface area contributed by atoms with Crippen molar-refractivity contribution < 1.29 is 9.72 Å². The summed E-state index contributed by atoms with van der Waals surface area (Å²) in [5.74, 6) is -0.449. The molecule has 8 nitrogen and oxygen atoms in total. The number of anilines is 1. The number of aromatic amines is 1. The molecule has 0 aliphatic rings. The van der Waals surface area contributed by atoms with E-state index in [4.69, 9.17) is 5.26 Å². The third kappa shape index (κ3) is 2.81. The van der Waals surface area contributed by atoms with Gasteiger partial charge in [0.05, 0.1) is 11.1 Å². The quantitative estimate of drug-likeness (QED) is 0.657. The molecule has 0 saturated heterocycles. The molecule has 0 fully saturated rings. The number of non-ortho nitro benzene ring substituents is 1. The number of amides is 1. The standard InChI is InChI=1S/C11H6BrN5O3/c12-8-1-6(2-9(3-8)17(19)20)11(18)15-10-7(4-13)5-14-16-10/h1-3,5H,(H2,14,15,16,18). The zero-order chi connectivity index (χ0) is 14.7. The summed E-state index contributed by atoms with van der Waals surface area (Å²) >= 11 is 3.10. The van der Waals surface area contributed by atoms with Crippen molar-refractivity contribution in [3.63, 3.8) is 0 Å². The van der Waals surface area contributed by atoms with Crippen molar-refractivity contribution in [2.24, 2.45) is 0 Å². The predicted molar refractivity (Wildman–Crippen MR) is 72.1 cm³/mol. The lowest BCUT2D eigenvalue weighted by atomic mass is 10.2. The van der Waals surface area contributed by atoms with Crippen LogP contribution in [0.3, 0.4) is 0 Å². The lowest BCUT2D eigenvalue weighted by Crippen LogP contribution is -2.13. The number of H-pyrrole nitrogens is 1. The zero-order valence-electron chi connectivity index (χ0n) is 9.75. The number of halogens is 1. The molecule has 1 aromatic heterocycles. The predicted octanol–water partition coefficient (Wildman–Crippen LogP) is 2.20. The molecule has 2 N–H and O–H groups in total. The Bertz CT molecular complexity index is 734. The van der Waals surface area contributed by atoms with Gasteiger partial charge in [-0.05, 0) is 6.07 Å². The number of hydrogen-bond donors (Lipinski definition) is 2. The smallest absolute Gasteiger partial charge is 0.271 e. The summed E-state index contributed by atoms with van der Waals surface area (Å²) in [7, 11) is 0. The van der Waals surface area contributed by atoms with Crippen LogP contribution in [0, 0.1) is 21.4 Å². The molecule has 0 unspecified atom stereocenters. The molecule has 20 heavy (non-hydrogen) atoms. The number of carbonyl (C=O) groups is 1. The number of nitro groups is 1. The first-order chi connectivity index (χ1) is 9.51. The van der Waals surface area contributed by atoms with Crippen LogP contribution in [-0.4, -0.2) is 21.0 Å². The van der Waals surface area contributed by atoms with Crippen molar-refractivity contribution in [1.29, 1.82) is 5.26 Å². The fourth-order valence-corrected chi connectivity index (χ4v) is 1.94. The van der Waals surface area contributed by atoms with E-state index in [1.807, 2.05) is 6.07 Å². The third-order valence-corrected chi connectivity index (χ3v) is 2.81. The van der Waals surface area contributed by atoms with Gasteiger partial charge in [-0.2, -0.15) is 10.4 Å². The number of nitrogens with zero attached hydrogens (tertiary/aromatic N) is 3. The number of rotatable bonds is 3. The van der Waals surface area contributed by atoms with E-state index < -0.39 is 10.8 Å². The monoisotopic (exact) mass is 335 g/mol. The summed E-state index contributed by atoms with van der Waals surface area (Å²) in [6, 6.07) is 5.71. The average Bonchev–Trinajstić information content (AvgIpc) is 2.85. The van der Waals surface area contributed by atoms with Gasteiger partial charge < -0.3 is 5.32 Å². The second-order valence-electron chi connectivity index (χ2n) is 3.68. The van der Waals surface area contributed by atoms with Crippen LogP contribution in [0.4, 0.5) is 11.5 Å². The Labute approximate surface area is 120 Å². The average molecular weight is 336 g/mol. The largest absolute Gasteiger partial charge is 0.306 e. The Morgan fingerprint density at radius 3 is 2.90 bits per heavy atom. The number of aromatic nitrogens is 2. The topological polar surface area (TPSA) is 125 Å². The van der Waals surface area contributed by atoms with Crippen molar-refractivity contribution in [3.05, 3.63) is 50.1 Å². The molecule has 9 heteroatoms. The Kier molecular flexibility index (Phi) is 3.76. The summed E-state index contributed by atoms with van der Waals surface area (Å²) < 4.78 is 0.405. The van der Waals surface area contributed by atoms with E-state index in [1.54, 1.807) is 0 Å². The minimum absolute atomic E-state index is 0.0876. The molecule has 1 heterocycles. The molecular weight excluding hydrogens is 330 g/mol. The number of carbonyl (C=O) groups excluding carboxylic acids is 1. The van der Waals surface area contributed by atoms with Gasteiger partial charge in [-0.15, -0.1) is 0 Å². The maximum Gasteiger partial charge on any atom is 0.271 e. The van der Waals surface area contributed by atoms with Gasteiger partial charge in [-0.3, -0.25) is 20.0 Å². The van der Waals surface area contributed by atoms with Gasteiger partial charge in [0.2, 0.25) is 0 Å². The molecule has 2 aromatic rings. The fourth-order valence-electron chi connectivity index (χ4n) is 1.46. The SMILES string of the molecule is N#Cc1cn[nH]c1NC(=O)c1cc(Br)cc([N+](=O)[O-])c1. The number of nitriles is 1. The molecule has 2 rings (SSSR count). The molecule has 100 valence electrons. The van der Waals surface area contributed by atoms with E-state index in [9.17, 15) is 14.9 Å². The normalized spacial score (nSPS) is 9.80. The van der Waals surface area contributed by atoms with Crippen LogP contribution < -0.4 is 5.32 Å². The minimum Gasteiger partial charge on any atom is -0.306 e. The first-order valence-corrected chi connectivity index (χ1v) is 6.00. The van der Waals surface area contributed by atoms with Gasteiger partial charge in [0.25, 0.3) is 11.6 Å². The molecule has 1 aromatic carbocycles. The maximum atomic E-state index is 12.0. The van der Waals surface area contributed by atoms with Crippen LogP contribution in [0.1, 0.15) is 15.9 Å². The van der Waals surface area contributed by atoms with Crippen LogP contribution in [-0.2, 0) is 0 Å². The molecule has 0 saturated carbocycles. The number of hydrogen-bond acceptors (Lipinski definition) is 5. The first-order valence-electron chi connectivity index (χ1n) is 5.21. The third-order valence-electron chi connectivity index (χ3n) is 2.35. The van der Waals surface area contributed by atoms with Crippen LogP contribution in [0.2, 0.25) is 0 Å². The van der Waals surface area contributed by atoms with E-state index in [-0.39, 0.29) is 22.6 Å². The summed E-state index contributed by atoms with van der Waals surface area (Å²) in [6.07, 6.45) is 1.26. The summed E-state index contributed by atoms with van der Waals surface area (Å²) in [5, 5.41) is 28.0. The van der Waals surface area contributed by atoms with Crippen molar-refractivity contribution in [1.82, 2.24) is 10.2 Å². The van der Waals surface area contributed by atoms with E-state index in [0.717, 1.165) is 6.07 Å².